The summed E-state index contributed by atoms with van der Waals surface area (Å²) in [7, 11) is 2.02. The van der Waals surface area contributed by atoms with Crippen LogP contribution in [0.2, 0.25) is 0 Å². The molecule has 234 valence electrons. The predicted molar refractivity (Wildman–Crippen MR) is 194 cm³/mol. The summed E-state index contributed by atoms with van der Waals surface area (Å²) in [5.74, 6) is -0.919. The first-order valence-corrected chi connectivity index (χ1v) is 16.6. The van der Waals surface area contributed by atoms with Crippen LogP contribution in [0.1, 0.15) is 95.3 Å². The fourth-order valence-electron chi connectivity index (χ4n) is 7.27. The molecule has 0 saturated heterocycles. The van der Waals surface area contributed by atoms with Crippen molar-refractivity contribution in [1.82, 2.24) is 0 Å². The number of hydrogen-bond donors (Lipinski definition) is 0. The van der Waals surface area contributed by atoms with Crippen LogP contribution in [-0.2, 0) is 12.5 Å². The number of rotatable bonds is 4. The molecule has 0 atom stereocenters. The lowest BCUT2D eigenvalue weighted by molar-refractivity contribution is -0.660. The number of para-hydroxylation sites is 1. The van der Waals surface area contributed by atoms with E-state index in [2.05, 4.69) is 101 Å². The maximum Gasteiger partial charge on any atom is 0.216 e. The summed E-state index contributed by atoms with van der Waals surface area (Å²) < 4.78 is 54.1. The zero-order valence-electron chi connectivity index (χ0n) is 33.3. The first-order chi connectivity index (χ1) is 23.9. The van der Waals surface area contributed by atoms with Crippen molar-refractivity contribution in [2.24, 2.45) is 12.5 Å². The quantitative estimate of drug-likeness (QED) is 0.181. The fraction of sp³-hybridized carbons (Fsp3) is 0.341. The van der Waals surface area contributed by atoms with Crippen molar-refractivity contribution in [3.8, 4) is 33.5 Å². The Hall–Kier alpha value is -4.17. The Morgan fingerprint density at radius 2 is 1.59 bits per heavy atom. The summed E-state index contributed by atoms with van der Waals surface area (Å²) in [5, 5.41) is 2.04. The summed E-state index contributed by atoms with van der Waals surface area (Å²) >= 11 is 0. The molecular weight excluding hydrogens is 558 g/mol. The zero-order chi connectivity index (χ0) is 36.7. The second-order valence-corrected chi connectivity index (χ2v) is 15.1. The second-order valence-electron chi connectivity index (χ2n) is 15.1. The smallest absolute Gasteiger partial charge is 0.216 e. The lowest BCUT2D eigenvalue weighted by atomic mass is 9.71. The maximum absolute atomic E-state index is 9.48. The predicted octanol–water partition coefficient (Wildman–Crippen LogP) is 12.0. The van der Waals surface area contributed by atoms with Gasteiger partial charge in [-0.3, -0.25) is 0 Å². The van der Waals surface area contributed by atoms with Crippen LogP contribution in [0, 0.1) is 19.2 Å². The van der Waals surface area contributed by atoms with Crippen molar-refractivity contribution in [3.05, 3.63) is 113 Å². The second kappa shape index (κ2) is 11.3. The molecule has 46 heavy (non-hydrogen) atoms. The van der Waals surface area contributed by atoms with E-state index in [0.29, 0.717) is 24.0 Å². The van der Waals surface area contributed by atoms with Crippen LogP contribution in [0.25, 0.3) is 55.4 Å². The van der Waals surface area contributed by atoms with Crippen LogP contribution < -0.4 is 4.57 Å². The van der Waals surface area contributed by atoms with Gasteiger partial charge in [-0.1, -0.05) is 113 Å². The lowest BCUT2D eigenvalue weighted by Crippen LogP contribution is -2.34. The summed E-state index contributed by atoms with van der Waals surface area (Å²) in [6.45, 7) is 10.4. The Morgan fingerprint density at radius 1 is 0.848 bits per heavy atom. The van der Waals surface area contributed by atoms with Crippen molar-refractivity contribution in [2.45, 2.75) is 85.4 Å². The number of furan rings is 1. The van der Waals surface area contributed by atoms with E-state index in [1.54, 1.807) is 12.1 Å². The van der Waals surface area contributed by atoms with Gasteiger partial charge >= 0.3 is 0 Å². The van der Waals surface area contributed by atoms with E-state index in [9.17, 15) is 2.74 Å². The molecular formula is C44H48NO+. The number of aryl methyl sites for hydroxylation is 3. The molecule has 0 radical (unpaired) electrons. The SMILES string of the molecule is [2H]c1cc(C2([2H])CCC(C)(C)CC2)cc(C([2H])([2H])[2H])c1-c1cc(-c2c(C)ccc3c2oc2c(-c4ccccc4)cccc23)[n+](C)cc1C(C)(C)C. The third-order valence-electron chi connectivity index (χ3n) is 10.1. The van der Waals surface area contributed by atoms with Gasteiger partial charge in [-0.25, -0.2) is 4.57 Å². The van der Waals surface area contributed by atoms with Gasteiger partial charge in [-0.2, -0.15) is 0 Å². The molecule has 0 unspecified atom stereocenters. The van der Waals surface area contributed by atoms with Crippen molar-refractivity contribution in [3.63, 3.8) is 0 Å². The molecule has 2 heterocycles. The van der Waals surface area contributed by atoms with Crippen molar-refractivity contribution >= 4 is 21.9 Å². The maximum atomic E-state index is 9.48. The molecule has 0 spiro atoms. The molecule has 2 nitrogen and oxygen atoms in total. The summed E-state index contributed by atoms with van der Waals surface area (Å²) in [5.41, 5.74) is 9.17. The number of hydrogen-bond acceptors (Lipinski definition) is 1. The highest BCUT2D eigenvalue weighted by Gasteiger charge is 2.30. The van der Waals surface area contributed by atoms with Crippen molar-refractivity contribution < 1.29 is 15.8 Å². The lowest BCUT2D eigenvalue weighted by Gasteiger charge is -2.34. The van der Waals surface area contributed by atoms with Gasteiger partial charge in [-0.15, -0.1) is 0 Å². The first kappa shape index (κ1) is 25.0. The number of nitrogens with zero attached hydrogens (tertiary/aromatic N) is 1. The minimum Gasteiger partial charge on any atom is -0.454 e. The number of benzene rings is 4. The molecule has 0 amide bonds. The minimum atomic E-state index is -2.48. The van der Waals surface area contributed by atoms with Gasteiger partial charge in [-0.05, 0) is 89.6 Å². The molecule has 2 aromatic heterocycles. The third kappa shape index (κ3) is 5.36. The number of fused-ring (bicyclic) bond motifs is 3. The molecule has 0 aliphatic heterocycles. The molecule has 2 heteroatoms. The Kier molecular flexibility index (Phi) is 6.12. The number of pyridine rings is 1. The molecule has 0 N–H and O–H groups in total. The van der Waals surface area contributed by atoms with Gasteiger partial charge in [0.1, 0.15) is 18.2 Å². The fourth-order valence-corrected chi connectivity index (χ4v) is 7.27. The van der Waals surface area contributed by atoms with Crippen LogP contribution >= 0.6 is 0 Å². The minimum absolute atomic E-state index is 0.137. The van der Waals surface area contributed by atoms with E-state index in [1.807, 2.05) is 25.2 Å². The molecule has 7 rings (SSSR count). The van der Waals surface area contributed by atoms with Gasteiger partial charge in [0.25, 0.3) is 0 Å². The topological polar surface area (TPSA) is 17.0 Å². The molecule has 4 aromatic carbocycles. The largest absolute Gasteiger partial charge is 0.454 e. The Bertz CT molecular complexity index is 2300. The van der Waals surface area contributed by atoms with E-state index in [0.717, 1.165) is 73.9 Å². The zero-order valence-corrected chi connectivity index (χ0v) is 28.3. The van der Waals surface area contributed by atoms with E-state index in [-0.39, 0.29) is 22.4 Å². The van der Waals surface area contributed by atoms with E-state index < -0.39 is 12.7 Å². The third-order valence-corrected chi connectivity index (χ3v) is 10.1. The van der Waals surface area contributed by atoms with Crippen LogP contribution in [0.4, 0.5) is 0 Å². The highest BCUT2D eigenvalue weighted by Crippen LogP contribution is 2.45. The Balaban J connectivity index is 1.49. The highest BCUT2D eigenvalue weighted by atomic mass is 16.3. The molecule has 0 bridgehead atoms. The summed E-state index contributed by atoms with van der Waals surface area (Å²) in [4.78, 5) is 0. The van der Waals surface area contributed by atoms with Gasteiger partial charge in [0.05, 0.1) is 6.93 Å². The summed E-state index contributed by atoms with van der Waals surface area (Å²) in [6.07, 6.45) is 5.16. The average molecular weight is 612 g/mol. The molecule has 6 aromatic rings. The van der Waals surface area contributed by atoms with Crippen molar-refractivity contribution in [1.29, 1.82) is 0 Å². The standard InChI is InChI=1S/C44H48NO/c1-28-17-19-36-35-16-12-15-34(31-13-10-9-11-14-31)41(35)46-42(36)40(28)39-26-37(38(27-45(39)8)43(3,4)5)33-20-18-32(25-29(33)2)30-21-23-44(6,7)24-22-30/h9-20,25-27,30H,21-24H2,1-8H3/q+1/i2D3,20D,30D. The number of aromatic nitrogens is 1. The normalized spacial score (nSPS) is 18.1. The van der Waals surface area contributed by atoms with E-state index >= 15 is 0 Å². The van der Waals surface area contributed by atoms with Gasteiger partial charge in [0.2, 0.25) is 5.69 Å². The van der Waals surface area contributed by atoms with Crippen LogP contribution in [-0.4, -0.2) is 0 Å². The van der Waals surface area contributed by atoms with E-state index in [1.165, 1.54) is 0 Å². The highest BCUT2D eigenvalue weighted by molar-refractivity contribution is 6.13. The van der Waals surface area contributed by atoms with Gasteiger partial charge < -0.3 is 4.42 Å². The molecule has 1 aliphatic carbocycles. The molecule has 1 aliphatic rings. The van der Waals surface area contributed by atoms with Crippen LogP contribution in [0.5, 0.6) is 0 Å². The monoisotopic (exact) mass is 611 g/mol. The summed E-state index contributed by atoms with van der Waals surface area (Å²) in [6, 6.07) is 26.5. The van der Waals surface area contributed by atoms with E-state index in [4.69, 9.17) is 8.53 Å². The van der Waals surface area contributed by atoms with Gasteiger partial charge in [0.15, 0.2) is 6.20 Å². The van der Waals surface area contributed by atoms with Crippen molar-refractivity contribution in [2.75, 3.05) is 0 Å². The Morgan fingerprint density at radius 3 is 2.30 bits per heavy atom. The Labute approximate surface area is 282 Å². The average Bonchev–Trinajstić information content (AvgIpc) is 3.44. The van der Waals surface area contributed by atoms with Crippen LogP contribution in [0.15, 0.2) is 95.5 Å². The van der Waals surface area contributed by atoms with Gasteiger partial charge in [0, 0.05) is 33.4 Å². The molecule has 1 fully saturated rings. The van der Waals surface area contributed by atoms with Crippen LogP contribution in [0.3, 0.4) is 0 Å². The molecule has 1 saturated carbocycles. The first-order valence-electron chi connectivity index (χ1n) is 19.1.